The Hall–Kier alpha value is -1.45. The number of aromatic nitrogens is 3. The highest BCUT2D eigenvalue weighted by Crippen LogP contribution is 2.23. The molecule has 0 amide bonds. The monoisotopic (exact) mass is 373 g/mol. The summed E-state index contributed by atoms with van der Waals surface area (Å²) in [6.07, 6.45) is 0. The van der Waals surface area contributed by atoms with Crippen molar-refractivity contribution in [3.05, 3.63) is 34.4 Å². The third kappa shape index (κ3) is 3.60. The van der Waals surface area contributed by atoms with Gasteiger partial charge in [0.05, 0.1) is 5.69 Å². The molecule has 0 spiro atoms. The molecule has 0 saturated heterocycles. The summed E-state index contributed by atoms with van der Waals surface area (Å²) in [6.45, 7) is 3.38. The molecule has 0 saturated carbocycles. The molecule has 1 heterocycles. The molecule has 0 aliphatic heterocycles. The molecule has 2 N–H and O–H groups in total. The maximum absolute atomic E-state index is 12.5. The summed E-state index contributed by atoms with van der Waals surface area (Å²) in [4.78, 5) is 0. The van der Waals surface area contributed by atoms with Gasteiger partial charge in [-0.2, -0.15) is 8.42 Å². The number of benzene rings is 1. The van der Waals surface area contributed by atoms with Crippen molar-refractivity contribution >= 4 is 31.6 Å². The summed E-state index contributed by atoms with van der Waals surface area (Å²) in [5, 5.41) is 10.5. The molecule has 9 heteroatoms. The summed E-state index contributed by atoms with van der Waals surface area (Å²) in [5.41, 5.74) is 1.40. The first-order valence-electron chi connectivity index (χ1n) is 6.32. The Morgan fingerprint density at radius 2 is 2.05 bits per heavy atom. The molecule has 2 aromatic rings. The number of aryl methyl sites for hydroxylation is 1. The zero-order valence-electron chi connectivity index (χ0n) is 11.7. The molecule has 0 aliphatic carbocycles. The van der Waals surface area contributed by atoms with Crippen molar-refractivity contribution < 1.29 is 8.42 Å². The van der Waals surface area contributed by atoms with E-state index in [-0.39, 0.29) is 9.63 Å². The Balaban J connectivity index is 2.33. The van der Waals surface area contributed by atoms with Crippen LogP contribution < -0.4 is 10.0 Å². The number of nitrogens with one attached hydrogen (secondary N) is 2. The normalized spacial score (nSPS) is 11.6. The predicted molar refractivity (Wildman–Crippen MR) is 83.3 cm³/mol. The lowest BCUT2D eigenvalue weighted by Crippen LogP contribution is -2.19. The molecule has 0 aliphatic rings. The number of hydrogen-bond acceptors (Lipinski definition) is 5. The Morgan fingerprint density at radius 3 is 2.67 bits per heavy atom. The molecule has 7 nitrogen and oxygen atoms in total. The topological polar surface area (TPSA) is 88.9 Å². The third-order valence-electron chi connectivity index (χ3n) is 2.82. The number of rotatable bonds is 6. The Bertz CT molecular complexity index is 709. The predicted octanol–water partition coefficient (Wildman–Crippen LogP) is 1.49. The van der Waals surface area contributed by atoms with E-state index in [0.29, 0.717) is 12.2 Å². The number of para-hydroxylation sites is 1. The van der Waals surface area contributed by atoms with E-state index in [2.05, 4.69) is 36.3 Å². The number of sulfonamides is 1. The van der Waals surface area contributed by atoms with Gasteiger partial charge < -0.3 is 5.32 Å². The Morgan fingerprint density at radius 1 is 1.33 bits per heavy atom. The van der Waals surface area contributed by atoms with Crippen LogP contribution in [0.25, 0.3) is 0 Å². The van der Waals surface area contributed by atoms with Crippen LogP contribution in [0.4, 0.5) is 5.69 Å². The molecule has 0 radical (unpaired) electrons. The number of hydrogen-bond donors (Lipinski definition) is 2. The number of halogens is 1. The van der Waals surface area contributed by atoms with Crippen LogP contribution in [-0.4, -0.2) is 30.0 Å². The average Bonchev–Trinajstić information content (AvgIpc) is 2.77. The quantitative estimate of drug-likeness (QED) is 0.800. The molecular formula is C12H16BrN5O2S. The van der Waals surface area contributed by atoms with E-state index in [4.69, 9.17) is 0 Å². The molecule has 0 bridgehead atoms. The highest BCUT2D eigenvalue weighted by molar-refractivity contribution is 9.10. The summed E-state index contributed by atoms with van der Waals surface area (Å²) in [7, 11) is -2.24. The van der Waals surface area contributed by atoms with Crippen LogP contribution in [0.3, 0.4) is 0 Å². The molecule has 21 heavy (non-hydrogen) atoms. The van der Waals surface area contributed by atoms with Gasteiger partial charge in [0.25, 0.3) is 10.0 Å². The highest BCUT2D eigenvalue weighted by atomic mass is 79.9. The molecule has 0 fully saturated rings. The summed E-state index contributed by atoms with van der Waals surface area (Å²) in [5.74, 6) is 0. The maximum Gasteiger partial charge on any atom is 0.281 e. The molecule has 2 rings (SSSR count). The Labute approximate surface area is 131 Å². The van der Waals surface area contributed by atoms with Crippen LogP contribution in [0, 0.1) is 0 Å². The fraction of sp³-hybridized carbons (Fsp3) is 0.333. The van der Waals surface area contributed by atoms with Gasteiger partial charge in [0, 0.05) is 13.6 Å². The van der Waals surface area contributed by atoms with Crippen LogP contribution >= 0.6 is 15.9 Å². The van der Waals surface area contributed by atoms with E-state index in [1.54, 1.807) is 12.1 Å². The first kappa shape index (κ1) is 15.9. The molecule has 1 aromatic heterocycles. The van der Waals surface area contributed by atoms with Crippen LogP contribution in [0.2, 0.25) is 0 Å². The number of nitrogens with zero attached hydrogens (tertiary/aromatic N) is 3. The van der Waals surface area contributed by atoms with Gasteiger partial charge in [-0.05, 0) is 34.1 Å². The van der Waals surface area contributed by atoms with E-state index in [1.807, 2.05) is 19.1 Å². The lowest BCUT2D eigenvalue weighted by molar-refractivity contribution is 0.578. The van der Waals surface area contributed by atoms with E-state index in [9.17, 15) is 8.42 Å². The molecule has 1 aromatic carbocycles. The van der Waals surface area contributed by atoms with E-state index in [0.717, 1.165) is 12.1 Å². The zero-order valence-corrected chi connectivity index (χ0v) is 14.1. The van der Waals surface area contributed by atoms with Crippen molar-refractivity contribution in [2.24, 2.45) is 7.05 Å². The average molecular weight is 374 g/mol. The van der Waals surface area contributed by atoms with Crippen molar-refractivity contribution in [3.63, 3.8) is 0 Å². The summed E-state index contributed by atoms with van der Waals surface area (Å²) < 4.78 is 28.9. The van der Waals surface area contributed by atoms with E-state index in [1.165, 1.54) is 11.7 Å². The molecule has 114 valence electrons. The van der Waals surface area contributed by atoms with Gasteiger partial charge in [-0.3, -0.25) is 4.72 Å². The lowest BCUT2D eigenvalue weighted by Gasteiger charge is -2.12. The standard InChI is InChI=1S/C12H16BrN5O2S/c1-3-14-8-9-6-4-5-7-10(9)16-21(19,20)12-11(13)15-17-18(12)2/h4-7,14,16H,3,8H2,1-2H3. The minimum absolute atomic E-state index is 0.0132. The summed E-state index contributed by atoms with van der Waals surface area (Å²) >= 11 is 3.10. The second kappa shape index (κ2) is 6.54. The highest BCUT2D eigenvalue weighted by Gasteiger charge is 2.24. The van der Waals surface area contributed by atoms with Crippen molar-refractivity contribution in [2.45, 2.75) is 18.5 Å². The maximum atomic E-state index is 12.5. The van der Waals surface area contributed by atoms with E-state index >= 15 is 0 Å². The fourth-order valence-corrected chi connectivity index (χ4v) is 4.03. The van der Waals surface area contributed by atoms with Gasteiger partial charge in [-0.1, -0.05) is 30.3 Å². The van der Waals surface area contributed by atoms with Crippen LogP contribution in [0.5, 0.6) is 0 Å². The van der Waals surface area contributed by atoms with Gasteiger partial charge >= 0.3 is 0 Å². The summed E-state index contributed by atoms with van der Waals surface area (Å²) in [6, 6.07) is 7.24. The van der Waals surface area contributed by atoms with Gasteiger partial charge in [-0.25, -0.2) is 4.68 Å². The van der Waals surface area contributed by atoms with Crippen molar-refractivity contribution in [1.29, 1.82) is 0 Å². The second-order valence-electron chi connectivity index (χ2n) is 4.35. The van der Waals surface area contributed by atoms with Crippen LogP contribution in [0.15, 0.2) is 33.9 Å². The van der Waals surface area contributed by atoms with Gasteiger partial charge in [0.2, 0.25) is 5.03 Å². The first-order chi connectivity index (χ1) is 9.95. The minimum Gasteiger partial charge on any atom is -0.313 e. The van der Waals surface area contributed by atoms with Crippen LogP contribution in [-0.2, 0) is 23.6 Å². The van der Waals surface area contributed by atoms with Crippen molar-refractivity contribution in [3.8, 4) is 0 Å². The van der Waals surface area contributed by atoms with Gasteiger partial charge in [0.15, 0.2) is 4.60 Å². The largest absolute Gasteiger partial charge is 0.313 e. The smallest absolute Gasteiger partial charge is 0.281 e. The number of anilines is 1. The minimum atomic E-state index is -3.77. The van der Waals surface area contributed by atoms with Crippen molar-refractivity contribution in [2.75, 3.05) is 11.3 Å². The third-order valence-corrected chi connectivity index (χ3v) is 5.07. The lowest BCUT2D eigenvalue weighted by atomic mass is 10.2. The van der Waals surface area contributed by atoms with Crippen LogP contribution in [0.1, 0.15) is 12.5 Å². The van der Waals surface area contributed by atoms with E-state index < -0.39 is 10.0 Å². The van der Waals surface area contributed by atoms with Gasteiger partial charge in [0.1, 0.15) is 0 Å². The van der Waals surface area contributed by atoms with Crippen molar-refractivity contribution in [1.82, 2.24) is 20.3 Å². The second-order valence-corrected chi connectivity index (χ2v) is 6.70. The molecule has 0 unspecified atom stereocenters. The molecule has 0 atom stereocenters. The zero-order chi connectivity index (χ0) is 15.5. The first-order valence-corrected chi connectivity index (χ1v) is 8.60. The Kier molecular flexibility index (Phi) is 4.96. The van der Waals surface area contributed by atoms with Gasteiger partial charge in [-0.15, -0.1) is 5.10 Å². The fourth-order valence-electron chi connectivity index (χ4n) is 1.83. The SMILES string of the molecule is CCNCc1ccccc1NS(=O)(=O)c1c(Br)nnn1C. The molecular weight excluding hydrogens is 358 g/mol.